The lowest BCUT2D eigenvalue weighted by Gasteiger charge is -2.20. The fourth-order valence-corrected chi connectivity index (χ4v) is 2.93. The Morgan fingerprint density at radius 2 is 1.10 bits per heavy atom. The lowest BCUT2D eigenvalue weighted by atomic mass is 10.2. The zero-order valence-electron chi connectivity index (χ0n) is 16.3. The first kappa shape index (κ1) is 20.8. The topological polar surface area (TPSA) is 52.7 Å². The molecule has 0 aliphatic rings. The van der Waals surface area contributed by atoms with Gasteiger partial charge in [-0.15, -0.1) is 0 Å². The Balaban J connectivity index is 1.64. The summed E-state index contributed by atoms with van der Waals surface area (Å²) in [6.45, 7) is 6.21. The summed E-state index contributed by atoms with van der Waals surface area (Å²) in [5.74, 6) is -0.373. The van der Waals surface area contributed by atoms with Gasteiger partial charge in [0.2, 0.25) is 0 Å². The van der Waals surface area contributed by atoms with E-state index in [4.69, 9.17) is 0 Å². The summed E-state index contributed by atoms with van der Waals surface area (Å²) in [5.41, 5.74) is 3.78. The molecule has 0 saturated carbocycles. The third-order valence-electron chi connectivity index (χ3n) is 4.29. The third-order valence-corrected chi connectivity index (χ3v) is 4.94. The summed E-state index contributed by atoms with van der Waals surface area (Å²) < 4.78 is 13.9. The van der Waals surface area contributed by atoms with E-state index in [1.165, 1.54) is 11.8 Å². The van der Waals surface area contributed by atoms with Crippen LogP contribution in [0.4, 0.5) is 32.8 Å². The van der Waals surface area contributed by atoms with Crippen LogP contribution in [0.3, 0.4) is 0 Å². The highest BCUT2D eigenvalue weighted by Crippen LogP contribution is 2.26. The van der Waals surface area contributed by atoms with Crippen LogP contribution < -0.4 is 4.90 Å². The van der Waals surface area contributed by atoms with Crippen molar-refractivity contribution in [3.05, 3.63) is 77.0 Å². The van der Waals surface area contributed by atoms with Crippen LogP contribution in [0.25, 0.3) is 0 Å². The summed E-state index contributed by atoms with van der Waals surface area (Å²) in [6.07, 6.45) is 0. The van der Waals surface area contributed by atoms with Crippen molar-refractivity contribution in [2.75, 3.05) is 18.0 Å². The monoisotopic (exact) mass is 453 g/mol. The van der Waals surface area contributed by atoms with Crippen molar-refractivity contribution in [1.82, 2.24) is 0 Å². The minimum Gasteiger partial charge on any atom is -0.372 e. The molecule has 0 N–H and O–H groups in total. The van der Waals surface area contributed by atoms with Crippen LogP contribution in [0, 0.1) is 5.82 Å². The number of azo groups is 2. The number of nitrogens with zero attached hydrogens (tertiary/aromatic N) is 5. The van der Waals surface area contributed by atoms with E-state index in [0.29, 0.717) is 21.5 Å². The molecule has 0 atom stereocenters. The maximum absolute atomic E-state index is 13.5. The van der Waals surface area contributed by atoms with Gasteiger partial charge in [-0.1, -0.05) is 0 Å². The first-order chi connectivity index (χ1) is 14.1. The number of benzene rings is 3. The maximum atomic E-state index is 13.5. The third kappa shape index (κ3) is 5.77. The van der Waals surface area contributed by atoms with E-state index in [1.807, 2.05) is 24.3 Å². The summed E-state index contributed by atoms with van der Waals surface area (Å²) >= 11 is 3.11. The van der Waals surface area contributed by atoms with Gasteiger partial charge >= 0.3 is 0 Å². The summed E-state index contributed by atoms with van der Waals surface area (Å²) in [5, 5.41) is 16.7. The predicted molar refractivity (Wildman–Crippen MR) is 119 cm³/mol. The average Bonchev–Trinajstić information content (AvgIpc) is 2.75. The van der Waals surface area contributed by atoms with Gasteiger partial charge in [0.1, 0.15) is 5.82 Å². The van der Waals surface area contributed by atoms with Crippen molar-refractivity contribution in [3.63, 3.8) is 0 Å². The Labute approximate surface area is 178 Å². The number of anilines is 1. The normalized spacial score (nSPS) is 11.4. The number of rotatable bonds is 7. The Morgan fingerprint density at radius 1 is 0.690 bits per heavy atom. The second kappa shape index (κ2) is 10.0. The van der Waals surface area contributed by atoms with Crippen LogP contribution in [0.15, 0.2) is 91.7 Å². The molecule has 0 fully saturated rings. The molecule has 0 bridgehead atoms. The standard InChI is InChI=1S/C22H21BrFN5/c1-3-29(4-2)20-12-9-18(10-13-20)26-25-16-5-7-17(8-6-16)27-28-19-11-14-21(23)22(24)15-19/h5-15H,3-4H2,1-2H3. The minimum atomic E-state index is -0.373. The lowest BCUT2D eigenvalue weighted by Crippen LogP contribution is -2.21. The van der Waals surface area contributed by atoms with Crippen LogP contribution in [0.1, 0.15) is 13.8 Å². The number of hydrogen-bond acceptors (Lipinski definition) is 5. The average molecular weight is 454 g/mol. The van der Waals surface area contributed by atoms with Gasteiger partial charge in [0.15, 0.2) is 0 Å². The van der Waals surface area contributed by atoms with Gasteiger partial charge in [0.05, 0.1) is 27.2 Å². The van der Waals surface area contributed by atoms with E-state index in [9.17, 15) is 4.39 Å². The van der Waals surface area contributed by atoms with Gasteiger partial charge in [-0.05, 0) is 90.4 Å². The maximum Gasteiger partial charge on any atom is 0.139 e. The highest BCUT2D eigenvalue weighted by atomic mass is 79.9. The Hall–Kier alpha value is -2.93. The number of hydrogen-bond donors (Lipinski definition) is 0. The van der Waals surface area contributed by atoms with E-state index in [0.717, 1.165) is 18.8 Å². The molecule has 0 amide bonds. The van der Waals surface area contributed by atoms with Crippen LogP contribution >= 0.6 is 15.9 Å². The SMILES string of the molecule is CCN(CC)c1ccc(N=Nc2ccc(N=Nc3ccc(Br)c(F)c3)cc2)cc1. The summed E-state index contributed by atoms with van der Waals surface area (Å²) in [6, 6.07) is 19.8. The fraction of sp³-hybridized carbons (Fsp3) is 0.182. The molecule has 7 heteroatoms. The molecule has 0 spiro atoms. The van der Waals surface area contributed by atoms with E-state index in [-0.39, 0.29) is 5.82 Å². The summed E-state index contributed by atoms with van der Waals surface area (Å²) in [4.78, 5) is 2.27. The van der Waals surface area contributed by atoms with Gasteiger partial charge in [-0.25, -0.2) is 4.39 Å². The predicted octanol–water partition coefficient (Wildman–Crippen LogP) is 8.27. The molecule has 0 radical (unpaired) electrons. The molecule has 3 rings (SSSR count). The Morgan fingerprint density at radius 3 is 1.55 bits per heavy atom. The van der Waals surface area contributed by atoms with Crippen LogP contribution in [-0.4, -0.2) is 13.1 Å². The minimum absolute atomic E-state index is 0.373. The van der Waals surface area contributed by atoms with Gasteiger partial charge in [-0.2, -0.15) is 20.5 Å². The molecule has 0 unspecified atom stereocenters. The highest BCUT2D eigenvalue weighted by Gasteiger charge is 2.01. The first-order valence-electron chi connectivity index (χ1n) is 9.32. The Kier molecular flexibility index (Phi) is 7.19. The molecular weight excluding hydrogens is 433 g/mol. The molecule has 29 heavy (non-hydrogen) atoms. The second-order valence-electron chi connectivity index (χ2n) is 6.20. The van der Waals surface area contributed by atoms with Crippen molar-refractivity contribution in [2.45, 2.75) is 13.8 Å². The second-order valence-corrected chi connectivity index (χ2v) is 7.06. The molecule has 0 aliphatic carbocycles. The lowest BCUT2D eigenvalue weighted by molar-refractivity contribution is 0.621. The molecular formula is C22H21BrFN5. The van der Waals surface area contributed by atoms with E-state index < -0.39 is 0 Å². The zero-order valence-corrected chi connectivity index (χ0v) is 17.8. The van der Waals surface area contributed by atoms with Crippen molar-refractivity contribution in [2.24, 2.45) is 20.5 Å². The van der Waals surface area contributed by atoms with Gasteiger partial charge in [0, 0.05) is 24.8 Å². The molecule has 0 saturated heterocycles. The molecule has 0 heterocycles. The molecule has 0 aliphatic heterocycles. The molecule has 5 nitrogen and oxygen atoms in total. The van der Waals surface area contributed by atoms with E-state index >= 15 is 0 Å². The first-order valence-corrected chi connectivity index (χ1v) is 10.1. The van der Waals surface area contributed by atoms with Crippen LogP contribution in [0.2, 0.25) is 0 Å². The molecule has 0 aromatic heterocycles. The van der Waals surface area contributed by atoms with Gasteiger partial charge < -0.3 is 4.90 Å². The van der Waals surface area contributed by atoms with Gasteiger partial charge in [0.25, 0.3) is 0 Å². The smallest absolute Gasteiger partial charge is 0.139 e. The zero-order chi connectivity index (χ0) is 20.6. The number of halogens is 2. The largest absolute Gasteiger partial charge is 0.372 e. The molecule has 148 valence electrons. The Bertz CT molecular complexity index is 997. The quantitative estimate of drug-likeness (QED) is 0.332. The summed E-state index contributed by atoms with van der Waals surface area (Å²) in [7, 11) is 0. The van der Waals surface area contributed by atoms with Crippen molar-refractivity contribution in [3.8, 4) is 0 Å². The van der Waals surface area contributed by atoms with Crippen molar-refractivity contribution in [1.29, 1.82) is 0 Å². The van der Waals surface area contributed by atoms with Crippen LogP contribution in [0.5, 0.6) is 0 Å². The van der Waals surface area contributed by atoms with E-state index in [1.54, 1.807) is 24.3 Å². The van der Waals surface area contributed by atoms with Crippen LogP contribution in [-0.2, 0) is 0 Å². The van der Waals surface area contributed by atoms with E-state index in [2.05, 4.69) is 67.3 Å². The fourth-order valence-electron chi connectivity index (χ4n) is 2.68. The molecule has 3 aromatic carbocycles. The van der Waals surface area contributed by atoms with Gasteiger partial charge in [-0.3, -0.25) is 0 Å². The highest BCUT2D eigenvalue weighted by molar-refractivity contribution is 9.10. The molecule has 3 aromatic rings. The van der Waals surface area contributed by atoms with Crippen molar-refractivity contribution >= 4 is 44.4 Å². The van der Waals surface area contributed by atoms with Crippen molar-refractivity contribution < 1.29 is 4.39 Å².